The number of carboxylic acids is 1. The van der Waals surface area contributed by atoms with Crippen molar-refractivity contribution >= 4 is 23.6 Å². The van der Waals surface area contributed by atoms with Crippen LogP contribution in [-0.2, 0) is 11.3 Å². The Labute approximate surface area is 212 Å². The molecule has 1 saturated carbocycles. The van der Waals surface area contributed by atoms with Crippen LogP contribution in [0.25, 0.3) is 0 Å². The highest BCUT2D eigenvalue weighted by Gasteiger charge is 2.31. The zero-order chi connectivity index (χ0) is 27.0. The number of ether oxygens (including phenoxy) is 1. The minimum absolute atomic E-state index is 0.0111. The van der Waals surface area contributed by atoms with Crippen molar-refractivity contribution < 1.29 is 37.4 Å². The lowest BCUT2D eigenvalue weighted by atomic mass is 9.86. The number of urea groups is 1. The van der Waals surface area contributed by atoms with Crippen molar-refractivity contribution in [3.05, 3.63) is 59.7 Å². The maximum Gasteiger partial charge on any atom is 0.573 e. The number of alkyl halides is 3. The van der Waals surface area contributed by atoms with Crippen LogP contribution in [0, 0.1) is 5.92 Å². The normalized spacial score (nSPS) is 17.5. The van der Waals surface area contributed by atoms with Crippen molar-refractivity contribution in [1.82, 2.24) is 10.2 Å². The predicted molar refractivity (Wildman–Crippen MR) is 130 cm³/mol. The first kappa shape index (κ1) is 27.8. The van der Waals surface area contributed by atoms with E-state index in [1.54, 1.807) is 29.2 Å². The van der Waals surface area contributed by atoms with Gasteiger partial charge < -0.3 is 25.4 Å². The van der Waals surface area contributed by atoms with Gasteiger partial charge in [-0.3, -0.25) is 9.59 Å². The lowest BCUT2D eigenvalue weighted by Crippen LogP contribution is -2.44. The first-order valence-corrected chi connectivity index (χ1v) is 12.0. The SMILES string of the molecule is CC1CCC(N(Cc2ccc(C(=O)NCCC(=O)O)cc2)C(=O)Nc2ccc(OC(F)(F)F)cc2)CC1. The Bertz CT molecular complexity index is 1070. The molecular formula is C26H30F3N3O5. The summed E-state index contributed by atoms with van der Waals surface area (Å²) in [5, 5.41) is 14.0. The lowest BCUT2D eigenvalue weighted by Gasteiger charge is -2.36. The Morgan fingerprint density at radius 2 is 1.62 bits per heavy atom. The van der Waals surface area contributed by atoms with Gasteiger partial charge in [0.2, 0.25) is 0 Å². The number of carboxylic acid groups (broad SMARTS) is 1. The molecule has 2 aromatic carbocycles. The topological polar surface area (TPSA) is 108 Å². The van der Waals surface area contributed by atoms with Gasteiger partial charge in [-0.2, -0.15) is 0 Å². The molecule has 3 rings (SSSR count). The number of benzene rings is 2. The zero-order valence-corrected chi connectivity index (χ0v) is 20.4. The number of halogens is 3. The quantitative estimate of drug-likeness (QED) is 0.409. The Hall–Kier alpha value is -3.76. The summed E-state index contributed by atoms with van der Waals surface area (Å²) >= 11 is 0. The summed E-state index contributed by atoms with van der Waals surface area (Å²) in [4.78, 5) is 37.8. The first-order valence-electron chi connectivity index (χ1n) is 12.0. The van der Waals surface area contributed by atoms with Crippen molar-refractivity contribution in [3.63, 3.8) is 0 Å². The van der Waals surface area contributed by atoms with E-state index >= 15 is 0 Å². The summed E-state index contributed by atoms with van der Waals surface area (Å²) in [5.74, 6) is -1.20. The molecule has 1 aliphatic rings. The third kappa shape index (κ3) is 9.00. The van der Waals surface area contributed by atoms with Gasteiger partial charge >= 0.3 is 18.4 Å². The van der Waals surface area contributed by atoms with E-state index < -0.39 is 12.3 Å². The maximum atomic E-state index is 13.3. The molecule has 0 aromatic heterocycles. The number of aliphatic carboxylic acids is 1. The maximum absolute atomic E-state index is 13.3. The van der Waals surface area contributed by atoms with Crippen LogP contribution in [0.5, 0.6) is 5.75 Å². The molecule has 0 unspecified atom stereocenters. The predicted octanol–water partition coefficient (Wildman–Crippen LogP) is 5.40. The molecule has 0 atom stereocenters. The van der Waals surface area contributed by atoms with Crippen molar-refractivity contribution in [2.45, 2.75) is 58.0 Å². The van der Waals surface area contributed by atoms with E-state index in [1.807, 2.05) is 0 Å². The molecule has 0 aliphatic heterocycles. The summed E-state index contributed by atoms with van der Waals surface area (Å²) < 4.78 is 41.1. The van der Waals surface area contributed by atoms with Gasteiger partial charge in [-0.25, -0.2) is 4.79 Å². The molecule has 37 heavy (non-hydrogen) atoms. The molecule has 11 heteroatoms. The molecule has 8 nitrogen and oxygen atoms in total. The average molecular weight is 522 g/mol. The molecule has 1 fully saturated rings. The second-order valence-corrected chi connectivity index (χ2v) is 9.14. The summed E-state index contributed by atoms with van der Waals surface area (Å²) in [7, 11) is 0. The summed E-state index contributed by atoms with van der Waals surface area (Å²) in [6.45, 7) is 2.47. The van der Waals surface area contributed by atoms with E-state index in [0.29, 0.717) is 17.2 Å². The number of carbonyl (C=O) groups is 3. The van der Waals surface area contributed by atoms with Crippen molar-refractivity contribution in [2.24, 2.45) is 5.92 Å². The molecule has 0 heterocycles. The monoisotopic (exact) mass is 521 g/mol. The molecule has 3 N–H and O–H groups in total. The van der Waals surface area contributed by atoms with E-state index in [1.165, 1.54) is 12.1 Å². The minimum atomic E-state index is -4.80. The Morgan fingerprint density at radius 1 is 1.00 bits per heavy atom. The van der Waals surface area contributed by atoms with Crippen LogP contribution in [0.2, 0.25) is 0 Å². The van der Waals surface area contributed by atoms with Crippen LogP contribution in [0.1, 0.15) is 54.9 Å². The fourth-order valence-electron chi connectivity index (χ4n) is 4.20. The van der Waals surface area contributed by atoms with Gasteiger partial charge in [0, 0.05) is 30.4 Å². The van der Waals surface area contributed by atoms with Gasteiger partial charge in [-0.05, 0) is 73.6 Å². The number of carbonyl (C=O) groups excluding carboxylic acids is 2. The second kappa shape index (κ2) is 12.5. The van der Waals surface area contributed by atoms with Crippen molar-refractivity contribution in [1.29, 1.82) is 0 Å². The van der Waals surface area contributed by atoms with Gasteiger partial charge in [-0.1, -0.05) is 19.1 Å². The van der Waals surface area contributed by atoms with Gasteiger partial charge in [0.15, 0.2) is 0 Å². The summed E-state index contributed by atoms with van der Waals surface area (Å²) in [5.41, 5.74) is 1.50. The molecule has 0 saturated heterocycles. The highest BCUT2D eigenvalue weighted by Crippen LogP contribution is 2.29. The smallest absolute Gasteiger partial charge is 0.481 e. The number of amides is 3. The van der Waals surface area contributed by atoms with Crippen molar-refractivity contribution in [3.8, 4) is 5.75 Å². The summed E-state index contributed by atoms with van der Waals surface area (Å²) in [6, 6.07) is 11.3. The van der Waals surface area contributed by atoms with Gasteiger partial charge in [0.1, 0.15) is 5.75 Å². The van der Waals surface area contributed by atoms with Gasteiger partial charge in [0.05, 0.1) is 6.42 Å². The van der Waals surface area contributed by atoms with E-state index in [0.717, 1.165) is 43.4 Å². The Morgan fingerprint density at radius 3 is 2.19 bits per heavy atom. The van der Waals surface area contributed by atoms with E-state index in [2.05, 4.69) is 22.3 Å². The molecule has 0 bridgehead atoms. The number of nitrogens with one attached hydrogen (secondary N) is 2. The minimum Gasteiger partial charge on any atom is -0.481 e. The molecule has 0 radical (unpaired) electrons. The number of rotatable bonds is 9. The third-order valence-electron chi connectivity index (χ3n) is 6.22. The van der Waals surface area contributed by atoms with Crippen LogP contribution < -0.4 is 15.4 Å². The lowest BCUT2D eigenvalue weighted by molar-refractivity contribution is -0.274. The number of hydrogen-bond donors (Lipinski definition) is 3. The fourth-order valence-corrected chi connectivity index (χ4v) is 4.20. The Balaban J connectivity index is 1.68. The van der Waals surface area contributed by atoms with E-state index in [-0.39, 0.29) is 43.2 Å². The van der Waals surface area contributed by atoms with Gasteiger partial charge in [-0.15, -0.1) is 13.2 Å². The number of anilines is 1. The molecule has 1 aliphatic carbocycles. The molecule has 2 aromatic rings. The van der Waals surface area contributed by atoms with Gasteiger partial charge in [0.25, 0.3) is 5.91 Å². The van der Waals surface area contributed by atoms with Crippen LogP contribution in [0.15, 0.2) is 48.5 Å². The highest BCUT2D eigenvalue weighted by atomic mass is 19.4. The second-order valence-electron chi connectivity index (χ2n) is 9.14. The van der Waals surface area contributed by atoms with Crippen LogP contribution in [0.4, 0.5) is 23.7 Å². The molecular weight excluding hydrogens is 491 g/mol. The van der Waals surface area contributed by atoms with Crippen LogP contribution >= 0.6 is 0 Å². The van der Waals surface area contributed by atoms with E-state index in [9.17, 15) is 27.6 Å². The summed E-state index contributed by atoms with van der Waals surface area (Å²) in [6.07, 6.45) is -1.35. The largest absolute Gasteiger partial charge is 0.573 e. The highest BCUT2D eigenvalue weighted by molar-refractivity contribution is 5.94. The van der Waals surface area contributed by atoms with Crippen molar-refractivity contribution in [2.75, 3.05) is 11.9 Å². The Kier molecular flexibility index (Phi) is 9.37. The van der Waals surface area contributed by atoms with Crippen LogP contribution in [-0.4, -0.2) is 46.9 Å². The van der Waals surface area contributed by atoms with Crippen LogP contribution in [0.3, 0.4) is 0 Å². The van der Waals surface area contributed by atoms with E-state index in [4.69, 9.17) is 5.11 Å². The zero-order valence-electron chi connectivity index (χ0n) is 20.4. The number of hydrogen-bond acceptors (Lipinski definition) is 4. The molecule has 200 valence electrons. The molecule has 3 amide bonds. The standard InChI is InChI=1S/C26H30F3N3O5/c1-17-2-10-21(11-3-17)32(25(36)31-20-8-12-22(13-9-20)37-26(27,28)29)16-18-4-6-19(7-5-18)24(35)30-15-14-23(33)34/h4-9,12-13,17,21H,2-3,10-11,14-16H2,1H3,(H,30,35)(H,31,36)(H,33,34). The average Bonchev–Trinajstić information content (AvgIpc) is 2.83. The molecule has 0 spiro atoms. The third-order valence-corrected chi connectivity index (χ3v) is 6.22. The first-order chi connectivity index (χ1) is 17.5. The number of nitrogens with zero attached hydrogens (tertiary/aromatic N) is 1. The fraction of sp³-hybridized carbons (Fsp3) is 0.423.